The fraction of sp³-hybridized carbons (Fsp3) is 0.412. The summed E-state index contributed by atoms with van der Waals surface area (Å²) in [7, 11) is 0. The molecule has 0 aromatic heterocycles. The van der Waals surface area contributed by atoms with Crippen molar-refractivity contribution in [2.45, 2.75) is 94.7 Å². The highest BCUT2D eigenvalue weighted by Gasteiger charge is 2.28. The van der Waals surface area contributed by atoms with Crippen molar-refractivity contribution in [3.8, 4) is 22.3 Å². The lowest BCUT2D eigenvalue weighted by Crippen LogP contribution is -2.50. The van der Waals surface area contributed by atoms with Gasteiger partial charge in [0.05, 0.1) is 26.5 Å². The molecule has 18 nitrogen and oxygen atoms in total. The molecule has 384 valence electrons. The Hall–Kier alpha value is -5.96. The van der Waals surface area contributed by atoms with Gasteiger partial charge in [-0.15, -0.1) is 0 Å². The van der Waals surface area contributed by atoms with Crippen molar-refractivity contribution in [3.63, 3.8) is 0 Å². The van der Waals surface area contributed by atoms with Crippen molar-refractivity contribution in [1.29, 1.82) is 0 Å². The molecule has 2 aliphatic heterocycles. The van der Waals surface area contributed by atoms with E-state index in [9.17, 15) is 44.1 Å². The third kappa shape index (κ3) is 20.0. The molecule has 0 bridgehead atoms. The first-order valence-electron chi connectivity index (χ1n) is 23.3. The number of nitrogens with one attached hydrogen (secondary N) is 4. The minimum Gasteiger partial charge on any atom is -0.479 e. The number of carboxylic acid groups (broad SMARTS) is 2. The van der Waals surface area contributed by atoms with Gasteiger partial charge in [0.2, 0.25) is 0 Å². The van der Waals surface area contributed by atoms with Crippen molar-refractivity contribution in [2.24, 2.45) is 0 Å². The number of carboxylic acids is 2. The molecule has 4 aromatic carbocycles. The Morgan fingerprint density at radius 3 is 1.66 bits per heavy atom. The van der Waals surface area contributed by atoms with Crippen LogP contribution in [-0.2, 0) is 46.3 Å². The number of carbonyl (C=O) groups excluding carboxylic acids is 4. The van der Waals surface area contributed by atoms with Crippen molar-refractivity contribution in [1.82, 2.24) is 26.2 Å². The van der Waals surface area contributed by atoms with E-state index in [1.54, 1.807) is 19.1 Å². The molecule has 6 atom stereocenters. The standard InChI is InChI=1S/C25H30ClN3O6.C21H22ClNO6.C5H11NO/c26-19-4-1-3-18(12-19)17-8-6-16(7-9-17)11-20(13-22(31)25(34)35)28-24(33)23(32)27-15-29-10-2-5-21(29)14-30;1-2-29-21(28)18(24)12-17(23-19(25)20(26)27)10-13-6-8-14(9-7-13)15-4-3-5-16(22)11-15;7-4-5-2-1-3-6-5/h1,3-4,6-9,12,20-22,30-31H,2,5,10-11,13-15H2,(H,27,32)(H,28,33)(H,34,35);3-9,11,17-18,24H,2,10,12H2,1H3,(H,23,25)(H,26,27);5-7H,1-4H2/t20-,21+,22-;17-,18-;5-/m110/s1. The molecule has 0 radical (unpaired) electrons. The average molecular weight is 1020 g/mol. The number of aliphatic carboxylic acids is 2. The second-order valence-corrected chi connectivity index (χ2v) is 17.9. The van der Waals surface area contributed by atoms with Crippen LogP contribution in [0.15, 0.2) is 97.1 Å². The molecule has 0 unspecified atom stereocenters. The number of halogens is 2. The lowest BCUT2D eigenvalue weighted by molar-refractivity contribution is -0.154. The Labute approximate surface area is 422 Å². The molecule has 2 saturated heterocycles. The molecule has 71 heavy (non-hydrogen) atoms. The second kappa shape index (κ2) is 30.0. The number of aliphatic hydroxyl groups excluding tert-OH is 4. The van der Waals surface area contributed by atoms with Gasteiger partial charge in [-0.3, -0.25) is 19.3 Å². The van der Waals surface area contributed by atoms with Crippen LogP contribution in [0.25, 0.3) is 22.3 Å². The molecule has 20 heteroatoms. The van der Waals surface area contributed by atoms with Crippen LogP contribution in [-0.4, -0.2) is 147 Å². The maximum Gasteiger partial charge on any atom is 0.394 e. The molecular weight excluding hydrogens is 961 g/mol. The minimum atomic E-state index is -1.69. The Kier molecular flexibility index (Phi) is 24.4. The predicted molar refractivity (Wildman–Crippen MR) is 266 cm³/mol. The first-order chi connectivity index (χ1) is 34.0. The van der Waals surface area contributed by atoms with Gasteiger partial charge in [-0.05, 0) is 110 Å². The van der Waals surface area contributed by atoms with Crippen molar-refractivity contribution in [3.05, 3.63) is 118 Å². The zero-order chi connectivity index (χ0) is 51.9. The van der Waals surface area contributed by atoms with Crippen LogP contribution in [0.5, 0.6) is 0 Å². The summed E-state index contributed by atoms with van der Waals surface area (Å²) in [4.78, 5) is 72.0. The lowest BCUT2D eigenvalue weighted by atomic mass is 9.98. The first-order valence-corrected chi connectivity index (χ1v) is 24.0. The maximum atomic E-state index is 12.5. The van der Waals surface area contributed by atoms with Gasteiger partial charge in [0.1, 0.15) is 0 Å². The van der Waals surface area contributed by atoms with Gasteiger partial charge >= 0.3 is 35.6 Å². The molecule has 10 N–H and O–H groups in total. The zero-order valence-corrected chi connectivity index (χ0v) is 40.9. The quantitative estimate of drug-likeness (QED) is 0.0475. The topological polar surface area (TPSA) is 284 Å². The summed E-state index contributed by atoms with van der Waals surface area (Å²) in [5, 5.41) is 67.5. The van der Waals surface area contributed by atoms with Crippen LogP contribution in [0.1, 0.15) is 56.6 Å². The third-order valence-electron chi connectivity index (χ3n) is 11.7. The van der Waals surface area contributed by atoms with E-state index in [0.717, 1.165) is 59.2 Å². The van der Waals surface area contributed by atoms with Gasteiger partial charge in [-0.1, -0.05) is 96.0 Å². The van der Waals surface area contributed by atoms with E-state index in [1.807, 2.05) is 89.8 Å². The summed E-state index contributed by atoms with van der Waals surface area (Å²) in [5.74, 6) is -6.85. The summed E-state index contributed by atoms with van der Waals surface area (Å²) >= 11 is 12.1. The minimum absolute atomic E-state index is 0.0205. The van der Waals surface area contributed by atoms with Crippen molar-refractivity contribution in [2.75, 3.05) is 39.6 Å². The van der Waals surface area contributed by atoms with Gasteiger partial charge in [0, 0.05) is 53.6 Å². The van der Waals surface area contributed by atoms with Gasteiger partial charge in [-0.2, -0.15) is 0 Å². The molecule has 4 aromatic rings. The molecule has 6 rings (SSSR count). The van der Waals surface area contributed by atoms with E-state index in [-0.39, 0.29) is 51.6 Å². The van der Waals surface area contributed by atoms with E-state index < -0.39 is 59.9 Å². The number of amides is 3. The number of ether oxygens (including phenoxy) is 1. The molecule has 0 spiro atoms. The smallest absolute Gasteiger partial charge is 0.394 e. The Balaban J connectivity index is 0.000000274. The molecule has 2 aliphatic rings. The van der Waals surface area contributed by atoms with Gasteiger partial charge in [0.15, 0.2) is 12.2 Å². The largest absolute Gasteiger partial charge is 0.479 e. The third-order valence-corrected chi connectivity index (χ3v) is 12.1. The fourth-order valence-corrected chi connectivity index (χ4v) is 8.29. The van der Waals surface area contributed by atoms with Crippen LogP contribution in [0.4, 0.5) is 0 Å². The van der Waals surface area contributed by atoms with Crippen LogP contribution < -0.4 is 21.3 Å². The Morgan fingerprint density at radius 2 is 1.23 bits per heavy atom. The molecule has 2 fully saturated rings. The van der Waals surface area contributed by atoms with Crippen LogP contribution in [0.3, 0.4) is 0 Å². The highest BCUT2D eigenvalue weighted by Crippen LogP contribution is 2.25. The summed E-state index contributed by atoms with van der Waals surface area (Å²) in [5.41, 5.74) is 5.34. The van der Waals surface area contributed by atoms with Crippen LogP contribution in [0, 0.1) is 0 Å². The number of aliphatic hydroxyl groups is 4. The number of benzene rings is 4. The van der Waals surface area contributed by atoms with Gasteiger partial charge in [0.25, 0.3) is 0 Å². The van der Waals surface area contributed by atoms with E-state index in [4.69, 9.17) is 43.3 Å². The monoisotopic (exact) mass is 1020 g/mol. The normalized spacial score (nSPS) is 16.9. The van der Waals surface area contributed by atoms with E-state index in [2.05, 4.69) is 21.3 Å². The van der Waals surface area contributed by atoms with Crippen molar-refractivity contribution >= 4 is 58.8 Å². The summed E-state index contributed by atoms with van der Waals surface area (Å²) < 4.78 is 4.75. The van der Waals surface area contributed by atoms with Crippen LogP contribution >= 0.6 is 23.2 Å². The number of hydrogen-bond acceptors (Lipinski definition) is 13. The summed E-state index contributed by atoms with van der Waals surface area (Å²) in [6.07, 6.45) is 0.952. The van der Waals surface area contributed by atoms with Crippen molar-refractivity contribution < 1.29 is 64.1 Å². The number of hydrogen-bond donors (Lipinski definition) is 10. The highest BCUT2D eigenvalue weighted by molar-refractivity contribution is 6.35. The molecule has 0 saturated carbocycles. The first kappa shape index (κ1) is 57.6. The molecular formula is C51H63Cl2N5O13. The average Bonchev–Trinajstić information content (AvgIpc) is 4.07. The summed E-state index contributed by atoms with van der Waals surface area (Å²) in [6, 6.07) is 28.4. The number of rotatable bonds is 19. The second-order valence-electron chi connectivity index (χ2n) is 17.0. The SMILES string of the molecule is CCOC(=O)[C@H](O)C[C@@H](Cc1ccc(-c2cccc(Cl)c2)cc1)NC(=O)C(=O)O.O=C(NCN1CCC[C@H]1CO)C(=O)N[C@H](Cc1ccc(-c2cccc(Cl)c2)cc1)C[C@@H](O)C(=O)O.OC[C@@H]1CCCN1. The van der Waals surface area contributed by atoms with Gasteiger partial charge in [-0.25, -0.2) is 14.4 Å². The van der Waals surface area contributed by atoms with E-state index >= 15 is 0 Å². The summed E-state index contributed by atoms with van der Waals surface area (Å²) in [6.45, 7) is 3.93. The Bertz CT molecular complexity index is 2350. The Morgan fingerprint density at radius 1 is 0.690 bits per heavy atom. The zero-order valence-electron chi connectivity index (χ0n) is 39.3. The predicted octanol–water partition coefficient (Wildman–Crippen LogP) is 3.56. The number of likely N-dealkylation sites (tertiary alicyclic amines) is 1. The molecule has 3 amide bonds. The number of nitrogens with zero attached hydrogens (tertiary/aromatic N) is 1. The fourth-order valence-electron chi connectivity index (χ4n) is 7.91. The van der Waals surface area contributed by atoms with Gasteiger partial charge < -0.3 is 56.6 Å². The maximum absolute atomic E-state index is 12.5. The molecule has 2 heterocycles. The van der Waals surface area contributed by atoms with E-state index in [0.29, 0.717) is 29.2 Å². The van der Waals surface area contributed by atoms with E-state index in [1.165, 1.54) is 6.42 Å². The molecule has 0 aliphatic carbocycles. The highest BCUT2D eigenvalue weighted by atomic mass is 35.5. The number of esters is 1. The lowest BCUT2D eigenvalue weighted by Gasteiger charge is -2.23. The number of carbonyl (C=O) groups is 6. The van der Waals surface area contributed by atoms with Crippen LogP contribution in [0.2, 0.25) is 10.0 Å².